The number of carbonyl (C=O) groups excluding carboxylic acids is 2. The molecule has 2 N–H and O–H groups in total. The summed E-state index contributed by atoms with van der Waals surface area (Å²) in [6, 6.07) is 5.06. The topological polar surface area (TPSA) is 84.2 Å². The number of furan rings is 1. The van der Waals surface area contributed by atoms with E-state index in [9.17, 15) is 9.59 Å². The molecular formula is C13H13N3O3. The van der Waals surface area contributed by atoms with E-state index in [4.69, 9.17) is 4.42 Å². The van der Waals surface area contributed by atoms with E-state index >= 15 is 0 Å². The summed E-state index contributed by atoms with van der Waals surface area (Å²) >= 11 is 0. The molecule has 2 rings (SSSR count). The average molecular weight is 259 g/mol. The number of rotatable bonds is 4. The largest absolute Gasteiger partial charge is 0.472 e. The van der Waals surface area contributed by atoms with E-state index in [0.717, 1.165) is 5.56 Å². The molecule has 0 spiro atoms. The lowest BCUT2D eigenvalue weighted by molar-refractivity contribution is -0.115. The molecule has 98 valence electrons. The summed E-state index contributed by atoms with van der Waals surface area (Å²) in [7, 11) is 0. The number of nitrogens with one attached hydrogen (secondary N) is 2. The highest BCUT2D eigenvalue weighted by molar-refractivity contribution is 5.98. The van der Waals surface area contributed by atoms with E-state index in [1.807, 2.05) is 13.0 Å². The summed E-state index contributed by atoms with van der Waals surface area (Å²) in [6.07, 6.45) is 4.36. The minimum atomic E-state index is -0.360. The summed E-state index contributed by atoms with van der Waals surface area (Å²) in [6.45, 7) is 1.78. The van der Waals surface area contributed by atoms with Gasteiger partial charge in [-0.2, -0.15) is 0 Å². The van der Waals surface area contributed by atoms with Crippen LogP contribution in [0.1, 0.15) is 15.9 Å². The van der Waals surface area contributed by atoms with Crippen molar-refractivity contribution in [3.05, 3.63) is 48.0 Å². The molecule has 0 aromatic carbocycles. The minimum Gasteiger partial charge on any atom is -0.472 e. The van der Waals surface area contributed by atoms with Gasteiger partial charge in [-0.1, -0.05) is 6.07 Å². The number of anilines is 1. The van der Waals surface area contributed by atoms with Crippen LogP contribution < -0.4 is 10.6 Å². The van der Waals surface area contributed by atoms with Gasteiger partial charge in [-0.25, -0.2) is 4.98 Å². The van der Waals surface area contributed by atoms with Crippen molar-refractivity contribution in [2.45, 2.75) is 6.92 Å². The van der Waals surface area contributed by atoms with Gasteiger partial charge in [0.1, 0.15) is 12.1 Å². The third-order valence-electron chi connectivity index (χ3n) is 2.37. The Morgan fingerprint density at radius 3 is 2.79 bits per heavy atom. The van der Waals surface area contributed by atoms with Crippen LogP contribution in [0.2, 0.25) is 0 Å². The van der Waals surface area contributed by atoms with Gasteiger partial charge in [-0.3, -0.25) is 9.59 Å². The molecule has 6 heteroatoms. The van der Waals surface area contributed by atoms with Crippen LogP contribution in [0.5, 0.6) is 0 Å². The van der Waals surface area contributed by atoms with Gasteiger partial charge in [0.2, 0.25) is 5.91 Å². The van der Waals surface area contributed by atoms with Gasteiger partial charge in [0.05, 0.1) is 18.4 Å². The number of hydrogen-bond acceptors (Lipinski definition) is 4. The van der Waals surface area contributed by atoms with Crippen molar-refractivity contribution in [3.63, 3.8) is 0 Å². The maximum Gasteiger partial charge on any atom is 0.254 e. The lowest BCUT2D eigenvalue weighted by Crippen LogP contribution is -2.32. The first-order valence-electron chi connectivity index (χ1n) is 5.68. The van der Waals surface area contributed by atoms with Crippen LogP contribution in [0, 0.1) is 6.92 Å². The monoisotopic (exact) mass is 259 g/mol. The Bertz CT molecular complexity index is 561. The Morgan fingerprint density at radius 2 is 2.16 bits per heavy atom. The summed E-state index contributed by atoms with van der Waals surface area (Å²) in [4.78, 5) is 27.2. The number of amides is 2. The molecule has 0 aliphatic rings. The number of nitrogens with zero attached hydrogens (tertiary/aromatic N) is 1. The number of hydrogen-bond donors (Lipinski definition) is 2. The standard InChI is InChI=1S/C13H13N3O3/c1-9-2-3-11(14-6-9)16-12(17)7-15-13(18)10-4-5-19-8-10/h2-6,8H,7H2,1H3,(H,15,18)(H,14,16,17). The normalized spacial score (nSPS) is 9.95. The fraction of sp³-hybridized carbons (Fsp3) is 0.154. The molecule has 0 aliphatic carbocycles. The molecule has 0 aliphatic heterocycles. The molecule has 19 heavy (non-hydrogen) atoms. The summed E-state index contributed by atoms with van der Waals surface area (Å²) in [5.41, 5.74) is 1.38. The Kier molecular flexibility index (Phi) is 3.92. The van der Waals surface area contributed by atoms with Gasteiger partial charge < -0.3 is 15.1 Å². The Labute approximate surface area is 109 Å². The van der Waals surface area contributed by atoms with Gasteiger partial charge in [-0.05, 0) is 24.6 Å². The van der Waals surface area contributed by atoms with Gasteiger partial charge in [0.25, 0.3) is 5.91 Å². The van der Waals surface area contributed by atoms with E-state index in [-0.39, 0.29) is 18.4 Å². The van der Waals surface area contributed by atoms with Crippen molar-refractivity contribution >= 4 is 17.6 Å². The Balaban J connectivity index is 1.82. The first-order valence-corrected chi connectivity index (χ1v) is 5.68. The molecule has 2 heterocycles. The molecule has 2 amide bonds. The van der Waals surface area contributed by atoms with Crippen LogP contribution in [-0.4, -0.2) is 23.3 Å². The van der Waals surface area contributed by atoms with Crippen molar-refractivity contribution in [2.24, 2.45) is 0 Å². The highest BCUT2D eigenvalue weighted by Gasteiger charge is 2.09. The quantitative estimate of drug-likeness (QED) is 0.868. The van der Waals surface area contributed by atoms with Crippen LogP contribution >= 0.6 is 0 Å². The fourth-order valence-corrected chi connectivity index (χ4v) is 1.39. The van der Waals surface area contributed by atoms with E-state index in [2.05, 4.69) is 15.6 Å². The zero-order valence-corrected chi connectivity index (χ0v) is 10.3. The van der Waals surface area contributed by atoms with Crippen molar-refractivity contribution in [1.29, 1.82) is 0 Å². The average Bonchev–Trinajstić information content (AvgIpc) is 2.93. The molecule has 0 saturated heterocycles. The molecular weight excluding hydrogens is 246 g/mol. The van der Waals surface area contributed by atoms with E-state index in [1.54, 1.807) is 12.3 Å². The second-order valence-electron chi connectivity index (χ2n) is 3.96. The smallest absolute Gasteiger partial charge is 0.254 e. The molecule has 0 bridgehead atoms. The van der Waals surface area contributed by atoms with Gasteiger partial charge in [-0.15, -0.1) is 0 Å². The van der Waals surface area contributed by atoms with Crippen molar-refractivity contribution in [1.82, 2.24) is 10.3 Å². The number of pyridine rings is 1. The minimum absolute atomic E-state index is 0.125. The van der Waals surface area contributed by atoms with Crippen LogP contribution in [0.4, 0.5) is 5.82 Å². The summed E-state index contributed by atoms with van der Waals surface area (Å²) in [5.74, 6) is -0.248. The predicted molar refractivity (Wildman–Crippen MR) is 68.6 cm³/mol. The third-order valence-corrected chi connectivity index (χ3v) is 2.37. The highest BCUT2D eigenvalue weighted by atomic mass is 16.3. The first-order chi connectivity index (χ1) is 9.15. The third kappa shape index (κ3) is 3.67. The molecule has 0 radical (unpaired) electrons. The maximum absolute atomic E-state index is 11.6. The molecule has 6 nitrogen and oxygen atoms in total. The van der Waals surface area contributed by atoms with Gasteiger partial charge in [0.15, 0.2) is 0 Å². The van der Waals surface area contributed by atoms with Crippen LogP contribution in [0.15, 0.2) is 41.3 Å². The van der Waals surface area contributed by atoms with Crippen molar-refractivity contribution < 1.29 is 14.0 Å². The zero-order chi connectivity index (χ0) is 13.7. The maximum atomic E-state index is 11.6. The predicted octanol–water partition coefficient (Wildman–Crippen LogP) is 1.35. The Hall–Kier alpha value is -2.63. The summed E-state index contributed by atoms with van der Waals surface area (Å²) in [5, 5.41) is 5.06. The van der Waals surface area contributed by atoms with Gasteiger partial charge >= 0.3 is 0 Å². The molecule has 0 saturated carbocycles. The van der Waals surface area contributed by atoms with Crippen molar-refractivity contribution in [2.75, 3.05) is 11.9 Å². The Morgan fingerprint density at radius 1 is 1.32 bits per heavy atom. The van der Waals surface area contributed by atoms with E-state index in [1.165, 1.54) is 18.6 Å². The highest BCUT2D eigenvalue weighted by Crippen LogP contribution is 2.03. The van der Waals surface area contributed by atoms with Crippen LogP contribution in [0.25, 0.3) is 0 Å². The molecule has 2 aromatic heterocycles. The van der Waals surface area contributed by atoms with E-state index in [0.29, 0.717) is 11.4 Å². The van der Waals surface area contributed by atoms with E-state index < -0.39 is 0 Å². The zero-order valence-electron chi connectivity index (χ0n) is 10.3. The molecule has 0 atom stereocenters. The molecule has 0 unspecified atom stereocenters. The summed E-state index contributed by atoms with van der Waals surface area (Å²) < 4.78 is 4.78. The number of aryl methyl sites for hydroxylation is 1. The second kappa shape index (κ2) is 5.81. The molecule has 2 aromatic rings. The van der Waals surface area contributed by atoms with Gasteiger partial charge in [0, 0.05) is 6.20 Å². The SMILES string of the molecule is Cc1ccc(NC(=O)CNC(=O)c2ccoc2)nc1. The number of carbonyl (C=O) groups is 2. The molecule has 0 fully saturated rings. The first kappa shape index (κ1) is 12.8. The second-order valence-corrected chi connectivity index (χ2v) is 3.96. The van der Waals surface area contributed by atoms with Crippen molar-refractivity contribution in [3.8, 4) is 0 Å². The number of aromatic nitrogens is 1. The fourth-order valence-electron chi connectivity index (χ4n) is 1.39. The lowest BCUT2D eigenvalue weighted by Gasteiger charge is -2.05. The van der Waals surface area contributed by atoms with Crippen LogP contribution in [0.3, 0.4) is 0 Å². The lowest BCUT2D eigenvalue weighted by atomic mass is 10.3. The van der Waals surface area contributed by atoms with Crippen LogP contribution in [-0.2, 0) is 4.79 Å².